The van der Waals surface area contributed by atoms with E-state index in [-0.39, 0.29) is 27.6 Å². The van der Waals surface area contributed by atoms with Gasteiger partial charge in [-0.05, 0) is 40.8 Å². The standard InChI is InChI=1S/C12H15BrClFN2O3S/c13-10-8(14)4-9(11(15)12(10)16)21(18,19)17-5-7-2-1-3-20-6-7/h4,7,17H,1-3,5-6,16H2. The Bertz CT molecular complexity index is 636. The monoisotopic (exact) mass is 400 g/mol. The molecule has 1 saturated heterocycles. The number of hydrogen-bond donors (Lipinski definition) is 2. The third-order valence-electron chi connectivity index (χ3n) is 3.26. The minimum absolute atomic E-state index is 0.0373. The first-order valence-electron chi connectivity index (χ1n) is 6.33. The molecule has 5 nitrogen and oxygen atoms in total. The molecule has 21 heavy (non-hydrogen) atoms. The summed E-state index contributed by atoms with van der Waals surface area (Å²) in [7, 11) is -4.02. The molecule has 0 amide bonds. The summed E-state index contributed by atoms with van der Waals surface area (Å²) < 4.78 is 46.2. The topological polar surface area (TPSA) is 81.4 Å². The number of ether oxygens (including phenoxy) is 1. The maximum atomic E-state index is 14.0. The van der Waals surface area contributed by atoms with Crippen molar-refractivity contribution in [3.05, 3.63) is 21.4 Å². The zero-order valence-electron chi connectivity index (χ0n) is 11.0. The molecule has 1 unspecified atom stereocenters. The van der Waals surface area contributed by atoms with Crippen molar-refractivity contribution >= 4 is 43.2 Å². The molecule has 1 heterocycles. The highest BCUT2D eigenvalue weighted by molar-refractivity contribution is 9.10. The minimum Gasteiger partial charge on any atom is -0.395 e. The van der Waals surface area contributed by atoms with Crippen LogP contribution in [-0.2, 0) is 14.8 Å². The van der Waals surface area contributed by atoms with Gasteiger partial charge in [-0.2, -0.15) is 0 Å². The average molecular weight is 402 g/mol. The second-order valence-electron chi connectivity index (χ2n) is 4.83. The fourth-order valence-corrected chi connectivity index (χ4v) is 3.86. The number of nitrogen functional groups attached to an aromatic ring is 1. The molecule has 0 spiro atoms. The molecule has 0 radical (unpaired) electrons. The van der Waals surface area contributed by atoms with Crippen LogP contribution in [0.15, 0.2) is 15.4 Å². The molecular weight excluding hydrogens is 387 g/mol. The summed E-state index contributed by atoms with van der Waals surface area (Å²) in [4.78, 5) is -0.551. The Hall–Kier alpha value is -0.410. The Morgan fingerprint density at radius 1 is 1.57 bits per heavy atom. The summed E-state index contributed by atoms with van der Waals surface area (Å²) >= 11 is 8.84. The van der Waals surface area contributed by atoms with Crippen LogP contribution in [0.5, 0.6) is 0 Å². The third kappa shape index (κ3) is 3.87. The van der Waals surface area contributed by atoms with Crippen molar-refractivity contribution < 1.29 is 17.5 Å². The largest absolute Gasteiger partial charge is 0.395 e. The highest BCUT2D eigenvalue weighted by atomic mass is 79.9. The first-order valence-corrected chi connectivity index (χ1v) is 8.98. The van der Waals surface area contributed by atoms with Crippen LogP contribution in [0, 0.1) is 11.7 Å². The van der Waals surface area contributed by atoms with Crippen LogP contribution in [0.2, 0.25) is 5.02 Å². The van der Waals surface area contributed by atoms with Crippen LogP contribution in [0.25, 0.3) is 0 Å². The van der Waals surface area contributed by atoms with E-state index in [1.165, 1.54) is 0 Å². The highest BCUT2D eigenvalue weighted by Gasteiger charge is 2.25. The summed E-state index contributed by atoms with van der Waals surface area (Å²) in [6.45, 7) is 1.38. The van der Waals surface area contributed by atoms with Gasteiger partial charge in [0.15, 0.2) is 5.82 Å². The molecule has 0 saturated carbocycles. The minimum atomic E-state index is -4.02. The van der Waals surface area contributed by atoms with E-state index >= 15 is 0 Å². The fourth-order valence-electron chi connectivity index (χ4n) is 2.07. The maximum Gasteiger partial charge on any atom is 0.243 e. The normalized spacial score (nSPS) is 19.7. The zero-order chi connectivity index (χ0) is 15.6. The fraction of sp³-hybridized carbons (Fsp3) is 0.500. The van der Waals surface area contributed by atoms with E-state index in [0.717, 1.165) is 18.9 Å². The smallest absolute Gasteiger partial charge is 0.243 e. The van der Waals surface area contributed by atoms with Gasteiger partial charge in [0.1, 0.15) is 4.90 Å². The van der Waals surface area contributed by atoms with Crippen LogP contribution in [0.1, 0.15) is 12.8 Å². The van der Waals surface area contributed by atoms with Gasteiger partial charge in [-0.3, -0.25) is 0 Å². The van der Waals surface area contributed by atoms with Gasteiger partial charge in [0.2, 0.25) is 10.0 Å². The van der Waals surface area contributed by atoms with E-state index in [1.807, 2.05) is 0 Å². The van der Waals surface area contributed by atoms with Gasteiger partial charge in [0, 0.05) is 13.2 Å². The Balaban J connectivity index is 2.19. The Labute approximate surface area is 136 Å². The van der Waals surface area contributed by atoms with Crippen molar-refractivity contribution in [3.8, 4) is 0 Å². The molecule has 9 heteroatoms. The van der Waals surface area contributed by atoms with Crippen molar-refractivity contribution in [2.24, 2.45) is 5.92 Å². The Morgan fingerprint density at radius 2 is 2.29 bits per heavy atom. The average Bonchev–Trinajstić information content (AvgIpc) is 2.48. The highest BCUT2D eigenvalue weighted by Crippen LogP contribution is 2.34. The molecule has 3 N–H and O–H groups in total. The molecular formula is C12H15BrClFN2O3S. The van der Waals surface area contributed by atoms with E-state index in [1.54, 1.807) is 0 Å². The van der Waals surface area contributed by atoms with Gasteiger partial charge in [-0.1, -0.05) is 11.6 Å². The molecule has 1 aliphatic heterocycles. The maximum absolute atomic E-state index is 14.0. The van der Waals surface area contributed by atoms with E-state index in [9.17, 15) is 12.8 Å². The lowest BCUT2D eigenvalue weighted by Gasteiger charge is -2.22. The lowest BCUT2D eigenvalue weighted by molar-refractivity contribution is 0.0568. The summed E-state index contributed by atoms with van der Waals surface area (Å²) in [5, 5.41) is 0.0373. The molecule has 1 aromatic carbocycles. The van der Waals surface area contributed by atoms with Gasteiger partial charge in [-0.25, -0.2) is 17.5 Å². The molecule has 1 aliphatic rings. The van der Waals surface area contributed by atoms with Crippen molar-refractivity contribution in [1.29, 1.82) is 0 Å². The quantitative estimate of drug-likeness (QED) is 0.600. The van der Waals surface area contributed by atoms with Crippen molar-refractivity contribution in [3.63, 3.8) is 0 Å². The number of sulfonamides is 1. The number of benzene rings is 1. The van der Waals surface area contributed by atoms with Crippen LogP contribution in [0.3, 0.4) is 0 Å². The number of rotatable bonds is 4. The number of hydrogen-bond acceptors (Lipinski definition) is 4. The zero-order valence-corrected chi connectivity index (χ0v) is 14.2. The predicted octanol–water partition coefficient (Wildman–Crippen LogP) is 2.53. The molecule has 0 aliphatic carbocycles. The molecule has 0 bridgehead atoms. The van der Waals surface area contributed by atoms with E-state index < -0.39 is 20.7 Å². The number of anilines is 1. The van der Waals surface area contributed by atoms with Gasteiger partial charge in [-0.15, -0.1) is 0 Å². The molecule has 1 fully saturated rings. The summed E-state index contributed by atoms with van der Waals surface area (Å²) in [6, 6.07) is 1.04. The van der Waals surface area contributed by atoms with Crippen LogP contribution >= 0.6 is 27.5 Å². The van der Waals surface area contributed by atoms with Crippen LogP contribution in [-0.4, -0.2) is 28.2 Å². The number of halogens is 3. The molecule has 1 atom stereocenters. The second kappa shape index (κ2) is 6.78. The van der Waals surface area contributed by atoms with Crippen molar-refractivity contribution in [2.75, 3.05) is 25.5 Å². The van der Waals surface area contributed by atoms with E-state index in [0.29, 0.717) is 13.2 Å². The predicted molar refractivity (Wildman–Crippen MR) is 82.3 cm³/mol. The summed E-state index contributed by atoms with van der Waals surface area (Å²) in [5.41, 5.74) is 5.17. The first-order chi connectivity index (χ1) is 9.83. The molecule has 0 aromatic heterocycles. The lowest BCUT2D eigenvalue weighted by atomic mass is 10.0. The lowest BCUT2D eigenvalue weighted by Crippen LogP contribution is -2.33. The second-order valence-corrected chi connectivity index (χ2v) is 7.77. The van der Waals surface area contributed by atoms with Crippen molar-refractivity contribution in [1.82, 2.24) is 4.72 Å². The first kappa shape index (κ1) is 17.0. The van der Waals surface area contributed by atoms with E-state index in [4.69, 9.17) is 22.1 Å². The molecule has 1 aromatic rings. The van der Waals surface area contributed by atoms with Gasteiger partial charge in [0.25, 0.3) is 0 Å². The Morgan fingerprint density at radius 3 is 2.90 bits per heavy atom. The SMILES string of the molecule is Nc1c(F)c(S(=O)(=O)NCC2CCCOC2)cc(Cl)c1Br. The van der Waals surface area contributed by atoms with Gasteiger partial charge >= 0.3 is 0 Å². The van der Waals surface area contributed by atoms with E-state index in [2.05, 4.69) is 20.7 Å². The van der Waals surface area contributed by atoms with Crippen LogP contribution < -0.4 is 10.5 Å². The van der Waals surface area contributed by atoms with Crippen LogP contribution in [0.4, 0.5) is 10.1 Å². The van der Waals surface area contributed by atoms with Crippen molar-refractivity contribution in [2.45, 2.75) is 17.7 Å². The van der Waals surface area contributed by atoms with Gasteiger partial charge in [0.05, 0.1) is 21.8 Å². The number of nitrogens with one attached hydrogen (secondary N) is 1. The Kier molecular flexibility index (Phi) is 5.48. The molecule has 2 rings (SSSR count). The number of nitrogens with two attached hydrogens (primary N) is 1. The third-order valence-corrected chi connectivity index (χ3v) is 6.07. The molecule has 118 valence electrons. The summed E-state index contributed by atoms with van der Waals surface area (Å²) in [6.07, 6.45) is 1.76. The summed E-state index contributed by atoms with van der Waals surface area (Å²) in [5.74, 6) is -0.932. The van der Waals surface area contributed by atoms with Gasteiger partial charge < -0.3 is 10.5 Å².